The van der Waals surface area contributed by atoms with Gasteiger partial charge < -0.3 is 4.84 Å². The summed E-state index contributed by atoms with van der Waals surface area (Å²) < 4.78 is 0. The summed E-state index contributed by atoms with van der Waals surface area (Å²) in [5, 5.41) is 0. The lowest BCUT2D eigenvalue weighted by Crippen LogP contribution is -2.34. The molecule has 1 fully saturated rings. The predicted molar refractivity (Wildman–Crippen MR) is 41.5 cm³/mol. The smallest absolute Gasteiger partial charge is 0.0572 e. The molecule has 1 saturated carbocycles. The van der Waals surface area contributed by atoms with Crippen molar-refractivity contribution in [2.75, 3.05) is 7.11 Å². The van der Waals surface area contributed by atoms with Crippen LogP contribution in [-0.2, 0) is 4.84 Å². The van der Waals surface area contributed by atoms with Gasteiger partial charge in [-0.25, -0.2) is 0 Å². The van der Waals surface area contributed by atoms with Crippen molar-refractivity contribution in [2.24, 2.45) is 11.8 Å². The average Bonchev–Trinajstić information content (AvgIpc) is 2.63. The molecule has 0 saturated heterocycles. The molecular weight excluding hydrogens is 126 g/mol. The highest BCUT2D eigenvalue weighted by Gasteiger charge is 2.32. The fraction of sp³-hybridized carbons (Fsp3) is 1.00. The zero-order chi connectivity index (χ0) is 7.56. The van der Waals surface area contributed by atoms with E-state index in [2.05, 4.69) is 19.3 Å². The fourth-order valence-corrected chi connectivity index (χ4v) is 1.37. The van der Waals surface area contributed by atoms with Gasteiger partial charge in [-0.1, -0.05) is 13.8 Å². The van der Waals surface area contributed by atoms with Crippen LogP contribution in [0.1, 0.15) is 26.7 Å². The van der Waals surface area contributed by atoms with Crippen LogP contribution in [0.3, 0.4) is 0 Å². The van der Waals surface area contributed by atoms with E-state index in [0.29, 0.717) is 12.0 Å². The highest BCUT2D eigenvalue weighted by atomic mass is 16.6. The molecule has 0 aromatic carbocycles. The van der Waals surface area contributed by atoms with Gasteiger partial charge in [0, 0.05) is 6.04 Å². The number of rotatable bonds is 4. The Morgan fingerprint density at radius 3 is 2.30 bits per heavy atom. The zero-order valence-electron chi connectivity index (χ0n) is 7.05. The Morgan fingerprint density at radius 1 is 1.40 bits per heavy atom. The highest BCUT2D eigenvalue weighted by Crippen LogP contribution is 2.35. The van der Waals surface area contributed by atoms with Crippen LogP contribution in [0.2, 0.25) is 0 Å². The van der Waals surface area contributed by atoms with Crippen molar-refractivity contribution in [3.63, 3.8) is 0 Å². The second-order valence-electron chi connectivity index (χ2n) is 3.43. The van der Waals surface area contributed by atoms with E-state index in [-0.39, 0.29) is 0 Å². The first-order chi connectivity index (χ1) is 4.75. The van der Waals surface area contributed by atoms with E-state index in [1.54, 1.807) is 7.11 Å². The normalized spacial score (nSPS) is 21.6. The van der Waals surface area contributed by atoms with Crippen LogP contribution in [0.4, 0.5) is 0 Å². The highest BCUT2D eigenvalue weighted by molar-refractivity contribution is 4.86. The van der Waals surface area contributed by atoms with Crippen LogP contribution in [-0.4, -0.2) is 13.2 Å². The maximum atomic E-state index is 4.92. The zero-order valence-corrected chi connectivity index (χ0v) is 7.05. The summed E-state index contributed by atoms with van der Waals surface area (Å²) in [5.41, 5.74) is 3.04. The molecule has 1 aliphatic rings. The van der Waals surface area contributed by atoms with Crippen molar-refractivity contribution < 1.29 is 4.84 Å². The molecule has 0 heterocycles. The molecule has 60 valence electrons. The molecule has 0 amide bonds. The summed E-state index contributed by atoms with van der Waals surface area (Å²) in [7, 11) is 1.69. The summed E-state index contributed by atoms with van der Waals surface area (Å²) in [6.45, 7) is 4.46. The standard InChI is InChI=1S/C8H17NO/c1-6(2)8(9-10-3)7-4-5-7/h6-9H,4-5H2,1-3H3. The lowest BCUT2D eigenvalue weighted by Gasteiger charge is -2.19. The maximum Gasteiger partial charge on any atom is 0.0572 e. The Bertz CT molecular complexity index is 97.4. The Morgan fingerprint density at radius 2 is 2.00 bits per heavy atom. The van der Waals surface area contributed by atoms with Crippen LogP contribution < -0.4 is 5.48 Å². The largest absolute Gasteiger partial charge is 0.305 e. The molecule has 10 heavy (non-hydrogen) atoms. The van der Waals surface area contributed by atoms with E-state index in [4.69, 9.17) is 4.84 Å². The Balaban J connectivity index is 2.26. The summed E-state index contributed by atoms with van der Waals surface area (Å²) in [5.74, 6) is 1.56. The Labute approximate surface area is 62.9 Å². The van der Waals surface area contributed by atoms with Crippen LogP contribution in [0.25, 0.3) is 0 Å². The minimum Gasteiger partial charge on any atom is -0.305 e. The molecule has 0 bridgehead atoms. The van der Waals surface area contributed by atoms with E-state index in [0.717, 1.165) is 5.92 Å². The fourth-order valence-electron chi connectivity index (χ4n) is 1.37. The lowest BCUT2D eigenvalue weighted by molar-refractivity contribution is 0.0387. The van der Waals surface area contributed by atoms with Gasteiger partial charge in [-0.2, -0.15) is 5.48 Å². The Kier molecular flexibility index (Phi) is 2.69. The second-order valence-corrected chi connectivity index (χ2v) is 3.43. The molecule has 0 aromatic rings. The molecule has 1 aliphatic carbocycles. The number of nitrogens with one attached hydrogen (secondary N) is 1. The van der Waals surface area contributed by atoms with Gasteiger partial charge in [0.05, 0.1) is 7.11 Å². The third-order valence-corrected chi connectivity index (χ3v) is 2.10. The third kappa shape index (κ3) is 1.96. The average molecular weight is 143 g/mol. The molecule has 0 spiro atoms. The number of hydroxylamine groups is 1. The summed E-state index contributed by atoms with van der Waals surface area (Å²) in [6.07, 6.45) is 2.75. The lowest BCUT2D eigenvalue weighted by atomic mass is 10.0. The van der Waals surface area contributed by atoms with E-state index in [9.17, 15) is 0 Å². The first kappa shape index (κ1) is 8.02. The van der Waals surface area contributed by atoms with Gasteiger partial charge in [0.25, 0.3) is 0 Å². The molecular formula is C8H17NO. The first-order valence-corrected chi connectivity index (χ1v) is 4.04. The van der Waals surface area contributed by atoms with E-state index in [1.807, 2.05) is 0 Å². The van der Waals surface area contributed by atoms with Gasteiger partial charge in [-0.05, 0) is 24.7 Å². The van der Waals surface area contributed by atoms with Gasteiger partial charge in [0.2, 0.25) is 0 Å². The molecule has 0 aliphatic heterocycles. The van der Waals surface area contributed by atoms with E-state index < -0.39 is 0 Å². The van der Waals surface area contributed by atoms with Gasteiger partial charge in [0.15, 0.2) is 0 Å². The van der Waals surface area contributed by atoms with Crippen LogP contribution in [0, 0.1) is 11.8 Å². The topological polar surface area (TPSA) is 21.3 Å². The van der Waals surface area contributed by atoms with Gasteiger partial charge in [0.1, 0.15) is 0 Å². The van der Waals surface area contributed by atoms with Crippen LogP contribution in [0.5, 0.6) is 0 Å². The Hall–Kier alpha value is -0.0800. The molecule has 0 aromatic heterocycles. The SMILES string of the molecule is CONC(C(C)C)C1CC1. The first-order valence-electron chi connectivity index (χ1n) is 4.04. The molecule has 1 rings (SSSR count). The van der Waals surface area contributed by atoms with Crippen molar-refractivity contribution in [3.05, 3.63) is 0 Å². The van der Waals surface area contributed by atoms with Crippen molar-refractivity contribution >= 4 is 0 Å². The third-order valence-electron chi connectivity index (χ3n) is 2.10. The van der Waals surface area contributed by atoms with Crippen molar-refractivity contribution in [1.82, 2.24) is 5.48 Å². The molecule has 2 nitrogen and oxygen atoms in total. The molecule has 0 radical (unpaired) electrons. The van der Waals surface area contributed by atoms with Gasteiger partial charge in [-0.15, -0.1) is 0 Å². The van der Waals surface area contributed by atoms with Crippen molar-refractivity contribution in [1.29, 1.82) is 0 Å². The maximum absolute atomic E-state index is 4.92. The van der Waals surface area contributed by atoms with Gasteiger partial charge >= 0.3 is 0 Å². The van der Waals surface area contributed by atoms with Crippen molar-refractivity contribution in [2.45, 2.75) is 32.7 Å². The number of hydrogen-bond acceptors (Lipinski definition) is 2. The molecule has 2 heteroatoms. The molecule has 1 unspecified atom stereocenters. The summed E-state index contributed by atoms with van der Waals surface area (Å²) >= 11 is 0. The number of hydrogen-bond donors (Lipinski definition) is 1. The van der Waals surface area contributed by atoms with Crippen molar-refractivity contribution in [3.8, 4) is 0 Å². The van der Waals surface area contributed by atoms with Crippen LogP contribution >= 0.6 is 0 Å². The van der Waals surface area contributed by atoms with E-state index >= 15 is 0 Å². The van der Waals surface area contributed by atoms with E-state index in [1.165, 1.54) is 12.8 Å². The quantitative estimate of drug-likeness (QED) is 0.603. The second kappa shape index (κ2) is 3.35. The minimum absolute atomic E-state index is 0.574. The summed E-state index contributed by atoms with van der Waals surface area (Å²) in [6, 6.07) is 0.574. The monoisotopic (exact) mass is 143 g/mol. The molecule has 1 N–H and O–H groups in total. The molecule has 1 atom stereocenters. The summed E-state index contributed by atoms with van der Waals surface area (Å²) in [4.78, 5) is 4.92. The minimum atomic E-state index is 0.574. The van der Waals surface area contributed by atoms with Crippen LogP contribution in [0.15, 0.2) is 0 Å². The predicted octanol–water partition coefficient (Wildman–Crippen LogP) is 1.57. The van der Waals surface area contributed by atoms with Gasteiger partial charge in [-0.3, -0.25) is 0 Å².